The van der Waals surface area contributed by atoms with E-state index in [-0.39, 0.29) is 11.8 Å². The van der Waals surface area contributed by atoms with Crippen LogP contribution in [0.1, 0.15) is 35.7 Å². The lowest BCUT2D eigenvalue weighted by Gasteiger charge is -2.39. The van der Waals surface area contributed by atoms with Crippen molar-refractivity contribution >= 4 is 11.8 Å². The van der Waals surface area contributed by atoms with Gasteiger partial charge in [-0.15, -0.1) is 0 Å². The molecule has 2 aromatic rings. The highest BCUT2D eigenvalue weighted by Gasteiger charge is 2.39. The average molecular weight is 457 g/mol. The summed E-state index contributed by atoms with van der Waals surface area (Å²) in [5.74, 6) is 1.74. The number of carbonyl (C=O) groups is 2. The van der Waals surface area contributed by atoms with Crippen LogP contribution in [0.25, 0.3) is 0 Å². The van der Waals surface area contributed by atoms with Gasteiger partial charge in [-0.25, -0.2) is 0 Å². The van der Waals surface area contributed by atoms with Crippen LogP contribution < -0.4 is 24.3 Å². The molecule has 178 valence electrons. The fourth-order valence-corrected chi connectivity index (χ4v) is 4.16. The van der Waals surface area contributed by atoms with Gasteiger partial charge in [0.1, 0.15) is 5.75 Å². The van der Waals surface area contributed by atoms with Gasteiger partial charge in [0.15, 0.2) is 11.5 Å². The largest absolute Gasteiger partial charge is 0.497 e. The second kappa shape index (κ2) is 10.5. The number of ether oxygens (including phenoxy) is 4. The Kier molecular flexibility index (Phi) is 7.68. The zero-order valence-corrected chi connectivity index (χ0v) is 19.9. The van der Waals surface area contributed by atoms with Crippen LogP contribution in [0.5, 0.6) is 23.0 Å². The minimum absolute atomic E-state index is 0.0762. The molecular formula is C25H32N2O6. The minimum atomic E-state index is -0.687. The van der Waals surface area contributed by atoms with E-state index in [0.717, 1.165) is 17.7 Å². The molecule has 1 saturated heterocycles. The Morgan fingerprint density at radius 2 is 1.70 bits per heavy atom. The van der Waals surface area contributed by atoms with E-state index in [9.17, 15) is 9.59 Å². The SMILES string of the molecule is COc1cccc(CNC(=O)[C@]2(C)CCCN(C(=O)c3cc(OC)c(OC)c(OC)c3)C2)c1. The molecule has 0 radical (unpaired) electrons. The predicted molar refractivity (Wildman–Crippen MR) is 124 cm³/mol. The summed E-state index contributed by atoms with van der Waals surface area (Å²) in [6.07, 6.45) is 1.44. The van der Waals surface area contributed by atoms with Gasteiger partial charge in [0.05, 0.1) is 33.9 Å². The first-order chi connectivity index (χ1) is 15.8. The molecule has 1 N–H and O–H groups in total. The Morgan fingerprint density at radius 1 is 1.00 bits per heavy atom. The van der Waals surface area contributed by atoms with Crippen molar-refractivity contribution in [1.82, 2.24) is 10.2 Å². The predicted octanol–water partition coefficient (Wildman–Crippen LogP) is 3.28. The van der Waals surface area contributed by atoms with E-state index < -0.39 is 5.41 Å². The molecule has 8 heteroatoms. The maximum absolute atomic E-state index is 13.3. The zero-order valence-electron chi connectivity index (χ0n) is 19.9. The molecule has 1 heterocycles. The van der Waals surface area contributed by atoms with Crippen LogP contribution in [0.4, 0.5) is 0 Å². The fraction of sp³-hybridized carbons (Fsp3) is 0.440. The molecule has 0 aromatic heterocycles. The van der Waals surface area contributed by atoms with Crippen LogP contribution in [-0.4, -0.2) is 58.2 Å². The molecule has 8 nitrogen and oxygen atoms in total. The van der Waals surface area contributed by atoms with Crippen LogP contribution >= 0.6 is 0 Å². The van der Waals surface area contributed by atoms with Crippen molar-refractivity contribution < 1.29 is 28.5 Å². The van der Waals surface area contributed by atoms with E-state index in [2.05, 4.69) is 5.32 Å². The van der Waals surface area contributed by atoms with Gasteiger partial charge in [-0.2, -0.15) is 0 Å². The standard InChI is InChI=1S/C25H32N2O6/c1-25(24(29)26-15-17-8-6-9-19(12-17)30-2)10-7-11-27(16-25)23(28)18-13-20(31-3)22(33-5)21(14-18)32-4/h6,8-9,12-14H,7,10-11,15-16H2,1-5H3,(H,26,29)/t25-/m1/s1. The van der Waals surface area contributed by atoms with Crippen LogP contribution in [-0.2, 0) is 11.3 Å². The average Bonchev–Trinajstić information content (AvgIpc) is 2.85. The van der Waals surface area contributed by atoms with E-state index in [4.69, 9.17) is 18.9 Å². The van der Waals surface area contributed by atoms with E-state index in [0.29, 0.717) is 48.9 Å². The quantitative estimate of drug-likeness (QED) is 0.656. The monoisotopic (exact) mass is 456 g/mol. The molecule has 2 aromatic carbocycles. The Labute approximate surface area is 194 Å². The highest BCUT2D eigenvalue weighted by atomic mass is 16.5. The highest BCUT2D eigenvalue weighted by molar-refractivity contribution is 5.96. The highest BCUT2D eigenvalue weighted by Crippen LogP contribution is 2.39. The number of hydrogen-bond acceptors (Lipinski definition) is 6. The van der Waals surface area contributed by atoms with E-state index in [1.807, 2.05) is 31.2 Å². The Hall–Kier alpha value is -3.42. The topological polar surface area (TPSA) is 86.3 Å². The minimum Gasteiger partial charge on any atom is -0.497 e. The summed E-state index contributed by atoms with van der Waals surface area (Å²) < 4.78 is 21.3. The molecule has 1 atom stereocenters. The van der Waals surface area contributed by atoms with Crippen LogP contribution in [0, 0.1) is 5.41 Å². The lowest BCUT2D eigenvalue weighted by atomic mass is 9.80. The molecule has 1 aliphatic rings. The van der Waals surface area contributed by atoms with Gasteiger partial charge in [0.2, 0.25) is 11.7 Å². The number of amides is 2. The zero-order chi connectivity index (χ0) is 24.0. The van der Waals surface area contributed by atoms with Crippen molar-refractivity contribution in [2.45, 2.75) is 26.3 Å². The molecule has 33 heavy (non-hydrogen) atoms. The molecule has 3 rings (SSSR count). The van der Waals surface area contributed by atoms with Crippen molar-refractivity contribution in [3.8, 4) is 23.0 Å². The summed E-state index contributed by atoms with van der Waals surface area (Å²) in [5.41, 5.74) is 0.686. The summed E-state index contributed by atoms with van der Waals surface area (Å²) in [7, 11) is 6.15. The molecule has 0 bridgehead atoms. The maximum atomic E-state index is 13.3. The molecule has 0 unspecified atom stereocenters. The summed E-state index contributed by atoms with van der Waals surface area (Å²) in [6, 6.07) is 10.9. The third kappa shape index (κ3) is 5.32. The van der Waals surface area contributed by atoms with Gasteiger partial charge >= 0.3 is 0 Å². The third-order valence-corrected chi connectivity index (χ3v) is 6.03. The van der Waals surface area contributed by atoms with Crippen molar-refractivity contribution in [1.29, 1.82) is 0 Å². The van der Waals surface area contributed by atoms with E-state index >= 15 is 0 Å². The number of hydrogen-bond donors (Lipinski definition) is 1. The van der Waals surface area contributed by atoms with Gasteiger partial charge < -0.3 is 29.2 Å². The maximum Gasteiger partial charge on any atom is 0.254 e. The summed E-state index contributed by atoms with van der Waals surface area (Å²) in [6.45, 7) is 3.20. The van der Waals surface area contributed by atoms with Crippen LogP contribution in [0.3, 0.4) is 0 Å². The molecule has 0 aliphatic carbocycles. The lowest BCUT2D eigenvalue weighted by Crippen LogP contribution is -2.51. The Bertz CT molecular complexity index is 983. The van der Waals surface area contributed by atoms with Crippen molar-refractivity contribution in [3.05, 3.63) is 47.5 Å². The van der Waals surface area contributed by atoms with Gasteiger partial charge in [-0.1, -0.05) is 12.1 Å². The fourth-order valence-electron chi connectivity index (χ4n) is 4.16. The van der Waals surface area contributed by atoms with Crippen molar-refractivity contribution in [3.63, 3.8) is 0 Å². The number of piperidine rings is 1. The van der Waals surface area contributed by atoms with Gasteiger partial charge in [-0.05, 0) is 49.6 Å². The molecule has 1 aliphatic heterocycles. The molecular weight excluding hydrogens is 424 g/mol. The van der Waals surface area contributed by atoms with E-state index in [1.165, 1.54) is 21.3 Å². The molecule has 0 saturated carbocycles. The number of rotatable bonds is 8. The molecule has 1 fully saturated rings. The first-order valence-corrected chi connectivity index (χ1v) is 10.9. The number of carbonyl (C=O) groups excluding carboxylic acids is 2. The van der Waals surface area contributed by atoms with Crippen LogP contribution in [0.15, 0.2) is 36.4 Å². The van der Waals surface area contributed by atoms with Gasteiger partial charge in [0.25, 0.3) is 5.91 Å². The normalized spacial score (nSPS) is 17.8. The van der Waals surface area contributed by atoms with E-state index in [1.54, 1.807) is 24.1 Å². The van der Waals surface area contributed by atoms with Crippen molar-refractivity contribution in [2.24, 2.45) is 5.41 Å². The first-order valence-electron chi connectivity index (χ1n) is 10.9. The number of methoxy groups -OCH3 is 4. The first kappa shape index (κ1) is 24.2. The van der Waals surface area contributed by atoms with Gasteiger partial charge in [0, 0.05) is 25.2 Å². The lowest BCUT2D eigenvalue weighted by molar-refractivity contribution is -0.132. The second-order valence-electron chi connectivity index (χ2n) is 8.34. The third-order valence-electron chi connectivity index (χ3n) is 6.03. The second-order valence-corrected chi connectivity index (χ2v) is 8.34. The number of likely N-dealkylation sites (tertiary alicyclic amines) is 1. The molecule has 2 amide bonds. The van der Waals surface area contributed by atoms with Gasteiger partial charge in [-0.3, -0.25) is 9.59 Å². The number of nitrogens with zero attached hydrogens (tertiary/aromatic N) is 1. The number of benzene rings is 2. The summed E-state index contributed by atoms with van der Waals surface area (Å²) in [5, 5.41) is 3.02. The summed E-state index contributed by atoms with van der Waals surface area (Å²) >= 11 is 0. The number of nitrogens with one attached hydrogen (secondary N) is 1. The Morgan fingerprint density at radius 3 is 2.30 bits per heavy atom. The van der Waals surface area contributed by atoms with Crippen LogP contribution in [0.2, 0.25) is 0 Å². The van der Waals surface area contributed by atoms with Crippen molar-refractivity contribution in [2.75, 3.05) is 41.5 Å². The Balaban J connectivity index is 1.73. The smallest absolute Gasteiger partial charge is 0.254 e. The summed E-state index contributed by atoms with van der Waals surface area (Å²) in [4.78, 5) is 28.1. The molecule has 0 spiro atoms.